The van der Waals surface area contributed by atoms with Crippen LogP contribution in [0.25, 0.3) is 12.2 Å². The van der Waals surface area contributed by atoms with Crippen LogP contribution >= 0.6 is 0 Å². The third kappa shape index (κ3) is 4.59. The number of hydrogen-bond donors (Lipinski definition) is 0. The van der Waals surface area contributed by atoms with E-state index in [0.29, 0.717) is 0 Å². The highest BCUT2D eigenvalue weighted by Crippen LogP contribution is 2.09. The maximum absolute atomic E-state index is 3.74. The van der Waals surface area contributed by atoms with Gasteiger partial charge >= 0.3 is 0 Å². The normalized spacial score (nSPS) is 9.16. The molecule has 0 aliphatic carbocycles. The molecule has 0 aliphatic heterocycles. The van der Waals surface area contributed by atoms with E-state index in [0.717, 1.165) is 6.42 Å². The zero-order valence-corrected chi connectivity index (χ0v) is 11.9. The number of rotatable bonds is 3. The predicted octanol–water partition coefficient (Wildman–Crippen LogP) is 5.53. The molecule has 0 radical (unpaired) electrons. The van der Waals surface area contributed by atoms with Gasteiger partial charge in [0.2, 0.25) is 0 Å². The maximum atomic E-state index is 3.74. The largest absolute Gasteiger partial charge is 0.0985 e. The molecular weight excluding hydrogens is 228 g/mol. The number of aryl methyl sites for hydroxylation is 2. The molecule has 0 unspecified atom stereocenters. The van der Waals surface area contributed by atoms with E-state index in [9.17, 15) is 0 Å². The zero-order valence-electron chi connectivity index (χ0n) is 11.9. The molecule has 0 saturated heterocycles. The van der Waals surface area contributed by atoms with E-state index in [-0.39, 0.29) is 0 Å². The summed E-state index contributed by atoms with van der Waals surface area (Å²) in [5, 5.41) is 0. The Kier molecular flexibility index (Phi) is 6.38. The fraction of sp³-hybridized carbons (Fsp3) is 0.158. The Morgan fingerprint density at radius 2 is 1.37 bits per heavy atom. The molecule has 0 fully saturated rings. The summed E-state index contributed by atoms with van der Waals surface area (Å²) in [5.41, 5.74) is 5.13. The third-order valence-electron chi connectivity index (χ3n) is 3.06. The Hall–Kier alpha value is -2.08. The van der Waals surface area contributed by atoms with Crippen molar-refractivity contribution in [1.29, 1.82) is 0 Å². The van der Waals surface area contributed by atoms with Crippen molar-refractivity contribution in [2.45, 2.75) is 20.3 Å². The fourth-order valence-corrected chi connectivity index (χ4v) is 1.87. The molecule has 19 heavy (non-hydrogen) atoms. The molecule has 2 rings (SSSR count). The van der Waals surface area contributed by atoms with E-state index in [1.807, 2.05) is 30.4 Å². The van der Waals surface area contributed by atoms with Crippen LogP contribution in [0.1, 0.15) is 29.2 Å². The minimum absolute atomic E-state index is 1.09. The molecule has 0 nitrogen and oxygen atoms in total. The SMILES string of the molecule is C=Cc1ccccc1C.C=Cc1ccccc1CC. The van der Waals surface area contributed by atoms with Gasteiger partial charge in [0.15, 0.2) is 0 Å². The lowest BCUT2D eigenvalue weighted by Gasteiger charge is -1.99. The van der Waals surface area contributed by atoms with Gasteiger partial charge in [-0.2, -0.15) is 0 Å². The number of hydrogen-bond acceptors (Lipinski definition) is 0. The molecular formula is C19H22. The summed E-state index contributed by atoms with van der Waals surface area (Å²) in [4.78, 5) is 0. The lowest BCUT2D eigenvalue weighted by atomic mass is 10.1. The van der Waals surface area contributed by atoms with Crippen molar-refractivity contribution in [2.24, 2.45) is 0 Å². The summed E-state index contributed by atoms with van der Waals surface area (Å²) in [7, 11) is 0. The standard InChI is InChI=1S/C10H12.C9H10/c1-3-9-7-5-6-8-10(9)4-2;1-3-9-7-5-4-6-8(9)2/h3,5-8H,1,4H2,2H3;3-7H,1H2,2H3. The van der Waals surface area contributed by atoms with E-state index in [1.54, 1.807) is 0 Å². The lowest BCUT2D eigenvalue weighted by molar-refractivity contribution is 1.13. The van der Waals surface area contributed by atoms with Crippen LogP contribution in [0.3, 0.4) is 0 Å². The minimum Gasteiger partial charge on any atom is -0.0985 e. The summed E-state index contributed by atoms with van der Waals surface area (Å²) >= 11 is 0. The summed E-state index contributed by atoms with van der Waals surface area (Å²) < 4.78 is 0. The molecule has 0 aromatic heterocycles. The van der Waals surface area contributed by atoms with Crippen molar-refractivity contribution in [1.82, 2.24) is 0 Å². The van der Waals surface area contributed by atoms with Crippen LogP contribution in [0.2, 0.25) is 0 Å². The molecule has 0 bridgehead atoms. The van der Waals surface area contributed by atoms with Gasteiger partial charge in [-0.25, -0.2) is 0 Å². The van der Waals surface area contributed by atoms with Crippen molar-refractivity contribution in [3.63, 3.8) is 0 Å². The van der Waals surface area contributed by atoms with Gasteiger partial charge in [0.05, 0.1) is 0 Å². The molecule has 0 atom stereocenters. The summed E-state index contributed by atoms with van der Waals surface area (Å²) in [6.45, 7) is 11.7. The summed E-state index contributed by atoms with van der Waals surface area (Å²) in [6, 6.07) is 16.5. The lowest BCUT2D eigenvalue weighted by Crippen LogP contribution is -1.83. The Morgan fingerprint density at radius 1 is 0.842 bits per heavy atom. The smallest absolute Gasteiger partial charge is 0.0231 e. The average molecular weight is 250 g/mol. The first-order valence-corrected chi connectivity index (χ1v) is 6.61. The minimum atomic E-state index is 1.09. The monoisotopic (exact) mass is 250 g/mol. The van der Waals surface area contributed by atoms with E-state index in [2.05, 4.69) is 57.3 Å². The molecule has 0 amide bonds. The van der Waals surface area contributed by atoms with Gasteiger partial charge in [-0.3, -0.25) is 0 Å². The predicted molar refractivity (Wildman–Crippen MR) is 87.2 cm³/mol. The topological polar surface area (TPSA) is 0 Å². The van der Waals surface area contributed by atoms with Crippen LogP contribution in [0, 0.1) is 6.92 Å². The van der Waals surface area contributed by atoms with E-state index >= 15 is 0 Å². The molecule has 0 spiro atoms. The van der Waals surface area contributed by atoms with Crippen LogP contribution in [-0.4, -0.2) is 0 Å². The Labute approximate surface area is 117 Å². The molecule has 0 heteroatoms. The van der Waals surface area contributed by atoms with E-state index < -0.39 is 0 Å². The first-order valence-electron chi connectivity index (χ1n) is 6.61. The Balaban J connectivity index is 0.000000191. The fourth-order valence-electron chi connectivity index (χ4n) is 1.87. The second-order valence-corrected chi connectivity index (χ2v) is 4.32. The molecule has 0 N–H and O–H groups in total. The second kappa shape index (κ2) is 8.10. The van der Waals surface area contributed by atoms with Crippen molar-refractivity contribution >= 4 is 12.2 Å². The first-order chi connectivity index (χ1) is 9.22. The van der Waals surface area contributed by atoms with Crippen LogP contribution < -0.4 is 0 Å². The van der Waals surface area contributed by atoms with Gasteiger partial charge in [-0.05, 0) is 35.6 Å². The average Bonchev–Trinajstić information content (AvgIpc) is 2.48. The zero-order chi connectivity index (χ0) is 14.1. The molecule has 2 aromatic carbocycles. The Morgan fingerprint density at radius 3 is 1.79 bits per heavy atom. The van der Waals surface area contributed by atoms with Gasteiger partial charge in [0.25, 0.3) is 0 Å². The van der Waals surface area contributed by atoms with Crippen LogP contribution in [0.5, 0.6) is 0 Å². The van der Waals surface area contributed by atoms with Gasteiger partial charge in [-0.1, -0.05) is 80.8 Å². The second-order valence-electron chi connectivity index (χ2n) is 4.32. The Bertz CT molecular complexity index is 535. The highest BCUT2D eigenvalue weighted by Gasteiger charge is 1.91. The molecule has 0 aliphatic rings. The molecule has 2 aromatic rings. The molecule has 0 heterocycles. The molecule has 0 saturated carbocycles. The number of benzene rings is 2. The highest BCUT2D eigenvalue weighted by molar-refractivity contribution is 5.51. The van der Waals surface area contributed by atoms with Crippen LogP contribution in [0.15, 0.2) is 61.7 Å². The van der Waals surface area contributed by atoms with Crippen LogP contribution in [0.4, 0.5) is 0 Å². The van der Waals surface area contributed by atoms with Crippen molar-refractivity contribution in [2.75, 3.05) is 0 Å². The molecule has 98 valence electrons. The van der Waals surface area contributed by atoms with E-state index in [1.165, 1.54) is 22.3 Å². The summed E-state index contributed by atoms with van der Waals surface area (Å²) in [6.07, 6.45) is 4.86. The van der Waals surface area contributed by atoms with Gasteiger partial charge in [-0.15, -0.1) is 0 Å². The summed E-state index contributed by atoms with van der Waals surface area (Å²) in [5.74, 6) is 0. The van der Waals surface area contributed by atoms with E-state index in [4.69, 9.17) is 0 Å². The van der Waals surface area contributed by atoms with Gasteiger partial charge < -0.3 is 0 Å². The first kappa shape index (κ1) is 15.0. The maximum Gasteiger partial charge on any atom is -0.0231 e. The van der Waals surface area contributed by atoms with Gasteiger partial charge in [0, 0.05) is 0 Å². The quantitative estimate of drug-likeness (QED) is 0.672. The van der Waals surface area contributed by atoms with Crippen molar-refractivity contribution in [3.8, 4) is 0 Å². The van der Waals surface area contributed by atoms with Gasteiger partial charge in [0.1, 0.15) is 0 Å². The van der Waals surface area contributed by atoms with Crippen molar-refractivity contribution in [3.05, 3.63) is 83.9 Å². The third-order valence-corrected chi connectivity index (χ3v) is 3.06. The van der Waals surface area contributed by atoms with Crippen LogP contribution in [-0.2, 0) is 6.42 Å². The van der Waals surface area contributed by atoms with Crippen molar-refractivity contribution < 1.29 is 0 Å². The highest BCUT2D eigenvalue weighted by atomic mass is 14.0.